The van der Waals surface area contributed by atoms with Gasteiger partial charge in [-0.25, -0.2) is 4.79 Å². The summed E-state index contributed by atoms with van der Waals surface area (Å²) in [5, 5.41) is 6.64. The number of anilines is 1. The van der Waals surface area contributed by atoms with Crippen molar-refractivity contribution in [3.05, 3.63) is 84.6 Å². The highest BCUT2D eigenvalue weighted by atomic mass is 19.3. The first-order valence-electron chi connectivity index (χ1n) is 10.7. The van der Waals surface area contributed by atoms with Gasteiger partial charge in [-0.1, -0.05) is 30.3 Å². The van der Waals surface area contributed by atoms with E-state index in [9.17, 15) is 31.1 Å². The fourth-order valence-corrected chi connectivity index (χ4v) is 3.80. The number of fused-ring (bicyclic) bond motifs is 1. The lowest BCUT2D eigenvalue weighted by molar-refractivity contribution is -0.296. The number of halogens is 6. The molecule has 0 atom stereocenters. The van der Waals surface area contributed by atoms with E-state index in [1.54, 1.807) is 30.3 Å². The summed E-state index contributed by atoms with van der Waals surface area (Å²) in [6.45, 7) is -2.99. The highest BCUT2D eigenvalue weighted by molar-refractivity contribution is 5.93. The van der Waals surface area contributed by atoms with E-state index in [1.165, 1.54) is 30.5 Å². The Kier molecular flexibility index (Phi) is 5.81. The molecule has 12 heteroatoms. The fourth-order valence-electron chi connectivity index (χ4n) is 3.80. The summed E-state index contributed by atoms with van der Waals surface area (Å²) in [4.78, 5) is 12.9. The highest BCUT2D eigenvalue weighted by Crippen LogP contribution is 2.53. The molecule has 1 aliphatic rings. The fraction of sp³-hybridized carbons (Fsp3) is 0.120. The number of carbonyl (C=O) groups is 1. The minimum absolute atomic E-state index is 0.0693. The Bertz CT molecular complexity index is 1460. The molecule has 0 unspecified atom stereocenters. The van der Waals surface area contributed by atoms with Gasteiger partial charge in [0.1, 0.15) is 17.2 Å². The van der Waals surface area contributed by atoms with Gasteiger partial charge in [0.2, 0.25) is 0 Å². The Balaban J connectivity index is 1.47. The Morgan fingerprint density at radius 3 is 2.32 bits per heavy atom. The second-order valence-corrected chi connectivity index (χ2v) is 7.94. The minimum atomic E-state index is -4.71. The van der Waals surface area contributed by atoms with E-state index in [0.29, 0.717) is 28.5 Å². The molecule has 4 aromatic rings. The van der Waals surface area contributed by atoms with Gasteiger partial charge in [-0.2, -0.15) is 36.1 Å². The van der Waals surface area contributed by atoms with Crippen molar-refractivity contribution in [3.8, 4) is 33.9 Å². The predicted molar refractivity (Wildman–Crippen MR) is 120 cm³/mol. The standard InChI is InChI=1S/C25H15F6N3O3/c26-22(27)36-17-9-6-15(7-10-17)21-18(14-4-2-1-3-5-14)13-34(33-21)23(35)32-16-8-11-20-19(12-16)24(28,29)25(30,31)37-20/h1-13,22H,(H,32,35). The molecule has 2 heterocycles. The predicted octanol–water partition coefficient (Wildman–Crippen LogP) is 6.98. The van der Waals surface area contributed by atoms with Crippen molar-refractivity contribution in [2.24, 2.45) is 0 Å². The van der Waals surface area contributed by atoms with E-state index in [2.05, 4.69) is 19.9 Å². The van der Waals surface area contributed by atoms with Gasteiger partial charge in [0.05, 0.1) is 5.56 Å². The second-order valence-electron chi connectivity index (χ2n) is 7.94. The second kappa shape index (κ2) is 8.87. The summed E-state index contributed by atoms with van der Waals surface area (Å²) in [7, 11) is 0. The van der Waals surface area contributed by atoms with Crippen molar-refractivity contribution in [1.82, 2.24) is 9.78 Å². The number of rotatable bonds is 5. The Morgan fingerprint density at radius 1 is 0.946 bits per heavy atom. The minimum Gasteiger partial charge on any atom is -0.435 e. The molecule has 190 valence electrons. The number of hydrogen-bond acceptors (Lipinski definition) is 4. The van der Waals surface area contributed by atoms with E-state index >= 15 is 0 Å². The first-order valence-corrected chi connectivity index (χ1v) is 10.7. The van der Waals surface area contributed by atoms with Gasteiger partial charge in [0, 0.05) is 23.0 Å². The molecule has 1 aliphatic heterocycles. The van der Waals surface area contributed by atoms with Crippen LogP contribution in [0.3, 0.4) is 0 Å². The quantitative estimate of drug-likeness (QED) is 0.289. The first kappa shape index (κ1) is 24.2. The molecule has 0 spiro atoms. The third-order valence-corrected chi connectivity index (χ3v) is 5.53. The molecule has 0 saturated carbocycles. The van der Waals surface area contributed by atoms with Crippen LogP contribution in [0.25, 0.3) is 22.4 Å². The lowest BCUT2D eigenvalue weighted by Crippen LogP contribution is -2.37. The molecule has 0 radical (unpaired) electrons. The lowest BCUT2D eigenvalue weighted by Gasteiger charge is -2.16. The van der Waals surface area contributed by atoms with Crippen LogP contribution in [0.1, 0.15) is 5.56 Å². The van der Waals surface area contributed by atoms with Crippen molar-refractivity contribution in [1.29, 1.82) is 0 Å². The van der Waals surface area contributed by atoms with Crippen LogP contribution in [-0.4, -0.2) is 28.5 Å². The van der Waals surface area contributed by atoms with Crippen LogP contribution in [0.2, 0.25) is 0 Å². The molecular formula is C25H15F6N3O3. The van der Waals surface area contributed by atoms with Gasteiger partial charge in [0.15, 0.2) is 0 Å². The van der Waals surface area contributed by atoms with Crippen molar-refractivity contribution < 1.29 is 40.6 Å². The SMILES string of the molecule is O=C(Nc1ccc2c(c1)C(F)(F)C(F)(F)O2)n1cc(-c2ccccc2)c(-c2ccc(OC(F)F)cc2)n1. The topological polar surface area (TPSA) is 65.4 Å². The number of nitrogens with one attached hydrogen (secondary N) is 1. The molecule has 5 rings (SSSR count). The Hall–Kier alpha value is -4.48. The highest BCUT2D eigenvalue weighted by Gasteiger charge is 2.66. The van der Waals surface area contributed by atoms with Gasteiger partial charge in [-0.3, -0.25) is 0 Å². The molecule has 37 heavy (non-hydrogen) atoms. The summed E-state index contributed by atoms with van der Waals surface area (Å²) in [6, 6.07) is 16.3. The summed E-state index contributed by atoms with van der Waals surface area (Å²) in [5.41, 5.74) is 0.735. The van der Waals surface area contributed by atoms with Crippen LogP contribution in [0.5, 0.6) is 11.5 Å². The molecule has 0 fully saturated rings. The Morgan fingerprint density at radius 2 is 1.65 bits per heavy atom. The van der Waals surface area contributed by atoms with Crippen LogP contribution in [0.15, 0.2) is 79.0 Å². The monoisotopic (exact) mass is 519 g/mol. The molecule has 6 nitrogen and oxygen atoms in total. The average Bonchev–Trinajstić information content (AvgIpc) is 3.37. The number of amides is 1. The number of hydrogen-bond donors (Lipinski definition) is 1. The third-order valence-electron chi connectivity index (χ3n) is 5.53. The van der Waals surface area contributed by atoms with Gasteiger partial charge < -0.3 is 14.8 Å². The smallest absolute Gasteiger partial charge is 0.435 e. The molecule has 1 amide bonds. The van der Waals surface area contributed by atoms with Crippen molar-refractivity contribution in [3.63, 3.8) is 0 Å². The van der Waals surface area contributed by atoms with Crippen LogP contribution in [-0.2, 0) is 5.92 Å². The zero-order chi connectivity index (χ0) is 26.4. The molecular weight excluding hydrogens is 504 g/mol. The normalized spacial score (nSPS) is 15.2. The van der Waals surface area contributed by atoms with Crippen molar-refractivity contribution >= 4 is 11.7 Å². The van der Waals surface area contributed by atoms with Crippen LogP contribution in [0, 0.1) is 0 Å². The molecule has 0 saturated heterocycles. The van der Waals surface area contributed by atoms with E-state index in [0.717, 1.165) is 16.8 Å². The van der Waals surface area contributed by atoms with Gasteiger partial charge in [-0.15, -0.1) is 0 Å². The molecule has 0 bridgehead atoms. The van der Waals surface area contributed by atoms with Crippen LogP contribution in [0.4, 0.5) is 36.8 Å². The Labute approximate surface area is 205 Å². The summed E-state index contributed by atoms with van der Waals surface area (Å²) in [6.07, 6.45) is -3.32. The zero-order valence-electron chi connectivity index (χ0n) is 18.5. The number of benzene rings is 3. The summed E-state index contributed by atoms with van der Waals surface area (Å²) < 4.78 is 89.4. The summed E-state index contributed by atoms with van der Waals surface area (Å²) >= 11 is 0. The number of carbonyl (C=O) groups excluding carboxylic acids is 1. The number of alkyl halides is 6. The maximum absolute atomic E-state index is 14.0. The molecule has 0 aliphatic carbocycles. The van der Waals surface area contributed by atoms with Gasteiger partial charge in [-0.05, 0) is 48.0 Å². The van der Waals surface area contributed by atoms with Crippen LogP contribution >= 0.6 is 0 Å². The van der Waals surface area contributed by atoms with Crippen molar-refractivity contribution in [2.45, 2.75) is 18.6 Å². The van der Waals surface area contributed by atoms with Gasteiger partial charge in [0.25, 0.3) is 0 Å². The lowest BCUT2D eigenvalue weighted by atomic mass is 10.0. The molecule has 1 aromatic heterocycles. The maximum Gasteiger partial charge on any atom is 0.469 e. The summed E-state index contributed by atoms with van der Waals surface area (Å²) in [5.74, 6) is -5.34. The van der Waals surface area contributed by atoms with E-state index < -0.39 is 36.0 Å². The zero-order valence-corrected chi connectivity index (χ0v) is 18.5. The third kappa shape index (κ3) is 4.46. The maximum atomic E-state index is 14.0. The number of aromatic nitrogens is 2. The molecule has 3 aromatic carbocycles. The molecule has 1 N–H and O–H groups in total. The largest absolute Gasteiger partial charge is 0.469 e. The van der Waals surface area contributed by atoms with Crippen LogP contribution < -0.4 is 14.8 Å². The van der Waals surface area contributed by atoms with E-state index in [1.807, 2.05) is 0 Å². The van der Waals surface area contributed by atoms with E-state index in [-0.39, 0.29) is 11.4 Å². The number of nitrogens with zero attached hydrogens (tertiary/aromatic N) is 2. The van der Waals surface area contributed by atoms with E-state index in [4.69, 9.17) is 0 Å². The number of ether oxygens (including phenoxy) is 2. The van der Waals surface area contributed by atoms with Gasteiger partial charge >= 0.3 is 24.7 Å². The average molecular weight is 519 g/mol. The first-order chi connectivity index (χ1) is 17.5. The van der Waals surface area contributed by atoms with Crippen molar-refractivity contribution in [2.75, 3.05) is 5.32 Å².